The van der Waals surface area contributed by atoms with E-state index in [1.165, 1.54) is 6.07 Å². The van der Waals surface area contributed by atoms with Gasteiger partial charge in [0.25, 0.3) is 0 Å². The zero-order valence-electron chi connectivity index (χ0n) is 11.3. The van der Waals surface area contributed by atoms with Crippen molar-refractivity contribution in [2.75, 3.05) is 11.4 Å². The summed E-state index contributed by atoms with van der Waals surface area (Å²) in [6, 6.07) is 8.65. The number of hydrogen-bond acceptors (Lipinski definition) is 1. The van der Waals surface area contributed by atoms with Crippen molar-refractivity contribution in [1.29, 1.82) is 0 Å². The van der Waals surface area contributed by atoms with Gasteiger partial charge in [0.2, 0.25) is 0 Å². The van der Waals surface area contributed by atoms with Gasteiger partial charge in [0.05, 0.1) is 5.69 Å². The lowest BCUT2D eigenvalue weighted by Gasteiger charge is -2.21. The molecule has 0 aromatic heterocycles. The molecule has 3 rings (SSSR count). The zero-order valence-corrected chi connectivity index (χ0v) is 14.4. The van der Waals surface area contributed by atoms with E-state index in [1.54, 1.807) is 12.1 Å². The summed E-state index contributed by atoms with van der Waals surface area (Å²) in [7, 11) is 0. The van der Waals surface area contributed by atoms with Gasteiger partial charge in [-0.25, -0.2) is 4.39 Å². The minimum absolute atomic E-state index is 0.209. The molecule has 5 heteroatoms. The Hall–Kier alpha value is -0.770. The molecule has 0 bridgehead atoms. The Morgan fingerprint density at radius 2 is 2.05 bits per heavy atom. The first kappa shape index (κ1) is 15.1. The van der Waals surface area contributed by atoms with Gasteiger partial charge < -0.3 is 4.90 Å². The normalized spacial score (nSPS) is 17.2. The van der Waals surface area contributed by atoms with Crippen LogP contribution in [0.3, 0.4) is 0 Å². The molecular weight excluding hydrogens is 376 g/mol. The van der Waals surface area contributed by atoms with Crippen molar-refractivity contribution in [1.82, 2.24) is 0 Å². The SMILES string of the molecule is CC1CN(Cc2ccc(Cl)cc2Cl)c2c(Br)cc(F)cc21. The van der Waals surface area contributed by atoms with E-state index in [9.17, 15) is 4.39 Å². The number of nitrogens with zero attached hydrogens (tertiary/aromatic N) is 1. The molecule has 1 aliphatic rings. The Bertz CT molecular complexity index is 705. The Labute approximate surface area is 141 Å². The van der Waals surface area contributed by atoms with Gasteiger partial charge in [-0.1, -0.05) is 36.2 Å². The summed E-state index contributed by atoms with van der Waals surface area (Å²) in [5, 5.41) is 1.28. The van der Waals surface area contributed by atoms with Crippen LogP contribution in [0.15, 0.2) is 34.8 Å². The topological polar surface area (TPSA) is 3.24 Å². The Morgan fingerprint density at radius 3 is 2.76 bits per heavy atom. The first-order chi connectivity index (χ1) is 9.95. The Morgan fingerprint density at radius 1 is 1.29 bits per heavy atom. The van der Waals surface area contributed by atoms with Crippen LogP contribution in [-0.2, 0) is 6.54 Å². The fourth-order valence-corrected chi connectivity index (χ4v) is 3.98. The minimum atomic E-state index is -0.209. The van der Waals surface area contributed by atoms with E-state index < -0.39 is 0 Å². The average Bonchev–Trinajstić information content (AvgIpc) is 2.70. The van der Waals surface area contributed by atoms with Crippen LogP contribution < -0.4 is 4.90 Å². The van der Waals surface area contributed by atoms with E-state index in [-0.39, 0.29) is 11.7 Å². The monoisotopic (exact) mass is 387 g/mol. The number of halogens is 4. The third kappa shape index (κ3) is 2.92. The molecule has 1 heterocycles. The number of benzene rings is 2. The molecule has 1 aliphatic heterocycles. The van der Waals surface area contributed by atoms with Crippen LogP contribution in [0.4, 0.5) is 10.1 Å². The highest BCUT2D eigenvalue weighted by molar-refractivity contribution is 9.10. The molecule has 0 amide bonds. The van der Waals surface area contributed by atoms with Crippen molar-refractivity contribution >= 4 is 44.8 Å². The van der Waals surface area contributed by atoms with Gasteiger partial charge in [0.1, 0.15) is 5.82 Å². The van der Waals surface area contributed by atoms with Gasteiger partial charge in [0.15, 0.2) is 0 Å². The maximum Gasteiger partial charge on any atom is 0.124 e. The molecule has 0 spiro atoms. The van der Waals surface area contributed by atoms with E-state index in [0.29, 0.717) is 16.6 Å². The number of hydrogen-bond donors (Lipinski definition) is 0. The van der Waals surface area contributed by atoms with Gasteiger partial charge in [-0.15, -0.1) is 0 Å². The molecule has 2 aromatic rings. The van der Waals surface area contributed by atoms with Crippen LogP contribution in [0.2, 0.25) is 10.0 Å². The first-order valence-electron chi connectivity index (χ1n) is 6.63. The molecular formula is C16H13BrCl2FN. The summed E-state index contributed by atoms with van der Waals surface area (Å²) in [6.45, 7) is 3.63. The molecule has 1 nitrogen and oxygen atoms in total. The lowest BCUT2D eigenvalue weighted by atomic mass is 10.0. The van der Waals surface area contributed by atoms with Crippen molar-refractivity contribution < 1.29 is 4.39 Å². The molecule has 0 saturated heterocycles. The van der Waals surface area contributed by atoms with Crippen LogP contribution in [0, 0.1) is 5.82 Å². The highest BCUT2D eigenvalue weighted by Crippen LogP contribution is 2.43. The molecule has 0 fully saturated rings. The van der Waals surface area contributed by atoms with Crippen LogP contribution in [-0.4, -0.2) is 6.54 Å². The molecule has 1 unspecified atom stereocenters. The second-order valence-corrected chi connectivity index (χ2v) is 7.04. The number of anilines is 1. The van der Waals surface area contributed by atoms with Crippen LogP contribution in [0.1, 0.15) is 24.0 Å². The second-order valence-electron chi connectivity index (χ2n) is 5.34. The highest BCUT2D eigenvalue weighted by Gasteiger charge is 2.28. The molecule has 1 atom stereocenters. The van der Waals surface area contributed by atoms with E-state index in [2.05, 4.69) is 27.8 Å². The van der Waals surface area contributed by atoms with Gasteiger partial charge >= 0.3 is 0 Å². The minimum Gasteiger partial charge on any atom is -0.365 e. The highest BCUT2D eigenvalue weighted by atomic mass is 79.9. The van der Waals surface area contributed by atoms with Gasteiger partial charge in [0, 0.05) is 33.5 Å². The summed E-state index contributed by atoms with van der Waals surface area (Å²) in [6.07, 6.45) is 0. The lowest BCUT2D eigenvalue weighted by Crippen LogP contribution is -2.21. The second kappa shape index (κ2) is 5.79. The fourth-order valence-electron chi connectivity index (χ4n) is 2.81. The van der Waals surface area contributed by atoms with Gasteiger partial charge in [-0.2, -0.15) is 0 Å². The van der Waals surface area contributed by atoms with Gasteiger partial charge in [-0.05, 0) is 51.3 Å². The van der Waals surface area contributed by atoms with E-state index in [4.69, 9.17) is 23.2 Å². The quantitative estimate of drug-likeness (QED) is 0.608. The van der Waals surface area contributed by atoms with Crippen LogP contribution in [0.25, 0.3) is 0 Å². The maximum atomic E-state index is 13.6. The molecule has 110 valence electrons. The lowest BCUT2D eigenvalue weighted by molar-refractivity contribution is 0.624. The number of rotatable bonds is 2. The van der Waals surface area contributed by atoms with Crippen molar-refractivity contribution in [3.63, 3.8) is 0 Å². The third-order valence-corrected chi connectivity index (χ3v) is 4.97. The van der Waals surface area contributed by atoms with E-state index in [0.717, 1.165) is 27.8 Å². The summed E-state index contributed by atoms with van der Waals surface area (Å²) in [4.78, 5) is 2.22. The molecule has 0 saturated carbocycles. The average molecular weight is 389 g/mol. The zero-order chi connectivity index (χ0) is 15.1. The molecule has 0 N–H and O–H groups in total. The molecule has 0 radical (unpaired) electrons. The summed E-state index contributed by atoms with van der Waals surface area (Å²) >= 11 is 15.7. The van der Waals surface area contributed by atoms with Crippen LogP contribution in [0.5, 0.6) is 0 Å². The summed E-state index contributed by atoms with van der Waals surface area (Å²) in [5.41, 5.74) is 3.10. The summed E-state index contributed by atoms with van der Waals surface area (Å²) in [5.74, 6) is 0.0805. The molecule has 21 heavy (non-hydrogen) atoms. The number of fused-ring (bicyclic) bond motifs is 1. The van der Waals surface area contributed by atoms with E-state index >= 15 is 0 Å². The smallest absolute Gasteiger partial charge is 0.124 e. The largest absolute Gasteiger partial charge is 0.365 e. The van der Waals surface area contributed by atoms with Crippen molar-refractivity contribution in [3.05, 3.63) is 61.8 Å². The van der Waals surface area contributed by atoms with Crippen molar-refractivity contribution in [2.45, 2.75) is 19.4 Å². The standard InChI is InChI=1S/C16H13BrCl2FN/c1-9-7-21(8-10-2-3-11(18)4-15(10)19)16-13(9)5-12(20)6-14(16)17/h2-6,9H,7-8H2,1H3. The van der Waals surface area contributed by atoms with Crippen molar-refractivity contribution in [2.24, 2.45) is 0 Å². The predicted molar refractivity (Wildman–Crippen MR) is 90.0 cm³/mol. The van der Waals surface area contributed by atoms with Crippen molar-refractivity contribution in [3.8, 4) is 0 Å². The van der Waals surface area contributed by atoms with E-state index in [1.807, 2.05) is 12.1 Å². The first-order valence-corrected chi connectivity index (χ1v) is 8.18. The van der Waals surface area contributed by atoms with Gasteiger partial charge in [-0.3, -0.25) is 0 Å². The molecule has 2 aromatic carbocycles. The van der Waals surface area contributed by atoms with Crippen LogP contribution >= 0.6 is 39.1 Å². The third-order valence-electron chi connectivity index (χ3n) is 3.78. The maximum absolute atomic E-state index is 13.6. The Balaban J connectivity index is 1.96. The summed E-state index contributed by atoms with van der Waals surface area (Å²) < 4.78 is 14.4. The molecule has 0 aliphatic carbocycles. The predicted octanol–water partition coefficient (Wildman–Crippen LogP) is 6.02. The fraction of sp³-hybridized carbons (Fsp3) is 0.250. The Kier molecular flexibility index (Phi) is 4.17.